The van der Waals surface area contributed by atoms with Gasteiger partial charge in [0, 0.05) is 25.0 Å². The minimum atomic E-state index is -4.06. The van der Waals surface area contributed by atoms with Gasteiger partial charge in [-0.1, -0.05) is 6.07 Å². The van der Waals surface area contributed by atoms with E-state index in [1.807, 2.05) is 0 Å². The van der Waals surface area contributed by atoms with Crippen LogP contribution in [0.25, 0.3) is 0 Å². The van der Waals surface area contributed by atoms with Gasteiger partial charge in [-0.05, 0) is 49.2 Å². The molecule has 162 valence electrons. The minimum Gasteiger partial charge on any atom is -0.490 e. The molecule has 1 aliphatic rings. The Morgan fingerprint density at radius 1 is 1.07 bits per heavy atom. The van der Waals surface area contributed by atoms with Crippen molar-refractivity contribution in [2.45, 2.75) is 22.5 Å². The van der Waals surface area contributed by atoms with Crippen LogP contribution in [0.4, 0.5) is 5.69 Å². The molecular weight excluding hydrogens is 412 g/mol. The van der Waals surface area contributed by atoms with E-state index in [0.717, 1.165) is 0 Å². The van der Waals surface area contributed by atoms with Crippen molar-refractivity contribution in [3.8, 4) is 11.5 Å². The van der Waals surface area contributed by atoms with E-state index in [1.165, 1.54) is 29.7 Å². The van der Waals surface area contributed by atoms with E-state index in [0.29, 0.717) is 17.2 Å². The van der Waals surface area contributed by atoms with Gasteiger partial charge >= 0.3 is 0 Å². The largest absolute Gasteiger partial charge is 0.490 e. The van der Waals surface area contributed by atoms with Crippen molar-refractivity contribution in [3.63, 3.8) is 0 Å². The van der Waals surface area contributed by atoms with Crippen LogP contribution in [0.2, 0.25) is 0 Å². The summed E-state index contributed by atoms with van der Waals surface area (Å²) in [6.45, 7) is 0.750. The molecule has 0 unspecified atom stereocenters. The zero-order chi connectivity index (χ0) is 21.6. The molecule has 0 saturated carbocycles. The highest BCUT2D eigenvalue weighted by Gasteiger charge is 2.52. The number of hydroxylamine groups is 1. The highest BCUT2D eigenvalue weighted by molar-refractivity contribution is 7.93. The number of amides is 1. The third-order valence-corrected chi connectivity index (χ3v) is 7.46. The predicted molar refractivity (Wildman–Crippen MR) is 108 cm³/mol. The zero-order valence-corrected chi connectivity index (χ0v) is 17.1. The SMILES string of the molecule is Nc1cccc(OCCOc2ccc(S(=O)(=O)C3(C(=O)NO)CCOCC3)cc2)c1. The highest BCUT2D eigenvalue weighted by atomic mass is 32.2. The first-order valence-corrected chi connectivity index (χ1v) is 10.9. The second kappa shape index (κ2) is 9.33. The molecule has 0 aliphatic carbocycles. The quantitative estimate of drug-likeness (QED) is 0.245. The summed E-state index contributed by atoms with van der Waals surface area (Å²) >= 11 is 0. The molecule has 0 bridgehead atoms. The average Bonchev–Trinajstić information content (AvgIpc) is 2.77. The molecule has 2 aromatic rings. The first-order valence-electron chi connectivity index (χ1n) is 9.37. The van der Waals surface area contributed by atoms with Crippen LogP contribution in [0.15, 0.2) is 53.4 Å². The number of rotatable bonds is 8. The number of ether oxygens (including phenoxy) is 3. The molecule has 30 heavy (non-hydrogen) atoms. The van der Waals surface area contributed by atoms with E-state index in [4.69, 9.17) is 25.2 Å². The second-order valence-electron chi connectivity index (χ2n) is 6.79. The number of hydrogen-bond donors (Lipinski definition) is 3. The Bertz CT molecular complexity index is 971. The molecule has 0 atom stereocenters. The number of nitrogens with two attached hydrogens (primary N) is 1. The molecule has 1 amide bonds. The van der Waals surface area contributed by atoms with Gasteiger partial charge in [-0.2, -0.15) is 0 Å². The van der Waals surface area contributed by atoms with E-state index >= 15 is 0 Å². The van der Waals surface area contributed by atoms with Gasteiger partial charge < -0.3 is 19.9 Å². The Labute approximate surface area is 174 Å². The number of hydrogen-bond acceptors (Lipinski definition) is 8. The minimum absolute atomic E-state index is 0.0311. The standard InChI is InChI=1S/C20H24N2O7S/c21-15-2-1-3-17(14-15)29-13-12-28-16-4-6-18(7-5-16)30(25,26)20(19(23)22-24)8-10-27-11-9-20/h1-7,14,24H,8-13,21H2,(H,22,23). The molecule has 1 fully saturated rings. The Balaban J connectivity index is 1.64. The van der Waals surface area contributed by atoms with E-state index < -0.39 is 20.5 Å². The summed E-state index contributed by atoms with van der Waals surface area (Å²) < 4.78 is 40.9. The summed E-state index contributed by atoms with van der Waals surface area (Å²) in [4.78, 5) is 12.2. The van der Waals surface area contributed by atoms with E-state index in [-0.39, 0.29) is 44.2 Å². The lowest BCUT2D eigenvalue weighted by molar-refractivity contribution is -0.134. The van der Waals surface area contributed by atoms with Gasteiger partial charge in [-0.25, -0.2) is 13.9 Å². The highest BCUT2D eigenvalue weighted by Crippen LogP contribution is 2.35. The molecule has 0 aromatic heterocycles. The van der Waals surface area contributed by atoms with E-state index in [2.05, 4.69) is 0 Å². The maximum absolute atomic E-state index is 13.2. The molecule has 2 aromatic carbocycles. The van der Waals surface area contributed by atoms with E-state index in [1.54, 1.807) is 24.3 Å². The smallest absolute Gasteiger partial charge is 0.265 e. The van der Waals surface area contributed by atoms with Gasteiger partial charge in [-0.15, -0.1) is 0 Å². The maximum atomic E-state index is 13.2. The van der Waals surface area contributed by atoms with Crippen molar-refractivity contribution in [1.29, 1.82) is 0 Å². The molecule has 1 heterocycles. The van der Waals surface area contributed by atoms with Crippen LogP contribution < -0.4 is 20.7 Å². The lowest BCUT2D eigenvalue weighted by Crippen LogP contribution is -2.54. The van der Waals surface area contributed by atoms with Crippen molar-refractivity contribution in [2.75, 3.05) is 32.2 Å². The predicted octanol–water partition coefficient (Wildman–Crippen LogP) is 1.55. The lowest BCUT2D eigenvalue weighted by Gasteiger charge is -2.34. The van der Waals surface area contributed by atoms with Gasteiger partial charge in [0.15, 0.2) is 14.6 Å². The summed E-state index contributed by atoms with van der Waals surface area (Å²) in [5, 5.41) is 9.08. The van der Waals surface area contributed by atoms with Crippen LogP contribution in [-0.4, -0.2) is 50.7 Å². The molecule has 9 nitrogen and oxygen atoms in total. The van der Waals surface area contributed by atoms with Crippen molar-refractivity contribution in [3.05, 3.63) is 48.5 Å². The van der Waals surface area contributed by atoms with Gasteiger partial charge in [0.1, 0.15) is 24.7 Å². The monoisotopic (exact) mass is 436 g/mol. The van der Waals surface area contributed by atoms with Crippen LogP contribution in [-0.2, 0) is 19.4 Å². The van der Waals surface area contributed by atoms with Crippen molar-refractivity contribution in [1.82, 2.24) is 5.48 Å². The number of nitrogen functional groups attached to an aromatic ring is 1. The third-order valence-electron chi connectivity index (χ3n) is 4.94. The van der Waals surface area contributed by atoms with Crippen molar-refractivity contribution < 1.29 is 32.6 Å². The zero-order valence-electron chi connectivity index (χ0n) is 16.2. The molecule has 1 aliphatic heterocycles. The van der Waals surface area contributed by atoms with Gasteiger partial charge in [-0.3, -0.25) is 10.0 Å². The number of anilines is 1. The Morgan fingerprint density at radius 3 is 2.30 bits per heavy atom. The Morgan fingerprint density at radius 2 is 1.70 bits per heavy atom. The number of sulfone groups is 1. The second-order valence-corrected chi connectivity index (χ2v) is 9.05. The number of benzene rings is 2. The summed E-state index contributed by atoms with van der Waals surface area (Å²) in [5.74, 6) is 0.131. The Hall–Kier alpha value is -2.82. The topological polar surface area (TPSA) is 137 Å². The summed E-state index contributed by atoms with van der Waals surface area (Å²) in [6.07, 6.45) is -0.0807. The summed E-state index contributed by atoms with van der Waals surface area (Å²) in [5.41, 5.74) is 7.78. The van der Waals surface area contributed by atoms with Crippen molar-refractivity contribution in [2.24, 2.45) is 0 Å². The van der Waals surface area contributed by atoms with E-state index in [9.17, 15) is 13.2 Å². The average molecular weight is 436 g/mol. The first kappa shape index (κ1) is 21.9. The number of carbonyl (C=O) groups excluding carboxylic acids is 1. The molecule has 4 N–H and O–H groups in total. The van der Waals surface area contributed by atoms with Gasteiger partial charge in [0.2, 0.25) is 0 Å². The van der Waals surface area contributed by atoms with Gasteiger partial charge in [0.05, 0.1) is 4.90 Å². The molecule has 0 radical (unpaired) electrons. The van der Waals surface area contributed by atoms with Crippen LogP contribution in [0.1, 0.15) is 12.8 Å². The molecule has 10 heteroatoms. The maximum Gasteiger partial charge on any atom is 0.265 e. The summed E-state index contributed by atoms with van der Waals surface area (Å²) in [6, 6.07) is 12.8. The Kier molecular flexibility index (Phi) is 6.80. The fourth-order valence-electron chi connectivity index (χ4n) is 3.28. The molecule has 1 saturated heterocycles. The molecule has 3 rings (SSSR count). The number of nitrogens with one attached hydrogen (secondary N) is 1. The van der Waals surface area contributed by atoms with Crippen molar-refractivity contribution >= 4 is 21.4 Å². The number of carbonyl (C=O) groups is 1. The van der Waals surface area contributed by atoms with Crippen LogP contribution in [0.5, 0.6) is 11.5 Å². The van der Waals surface area contributed by atoms with Gasteiger partial charge in [0.25, 0.3) is 5.91 Å². The lowest BCUT2D eigenvalue weighted by atomic mass is 9.98. The summed E-state index contributed by atoms with van der Waals surface area (Å²) in [7, 11) is -4.06. The molecule has 0 spiro atoms. The van der Waals surface area contributed by atoms with Crippen LogP contribution in [0.3, 0.4) is 0 Å². The third kappa shape index (κ3) is 4.50. The fourth-order valence-corrected chi connectivity index (χ4v) is 5.22. The fraction of sp³-hybridized carbons (Fsp3) is 0.350. The van der Waals surface area contributed by atoms with Crippen LogP contribution >= 0.6 is 0 Å². The normalized spacial score (nSPS) is 15.9. The first-order chi connectivity index (χ1) is 14.4. The molecular formula is C20H24N2O7S. The van der Waals surface area contributed by atoms with Crippen LogP contribution in [0, 0.1) is 0 Å².